The van der Waals surface area contributed by atoms with E-state index in [-0.39, 0.29) is 0 Å². The Kier molecular flexibility index (Phi) is 12.5. The summed E-state index contributed by atoms with van der Waals surface area (Å²) in [7, 11) is 0. The fourth-order valence-corrected chi connectivity index (χ4v) is 14.6. The van der Waals surface area contributed by atoms with Crippen LogP contribution in [-0.4, -0.2) is 29.9 Å². The number of nitrogens with zero attached hydrogens (tertiary/aromatic N) is 6. The fraction of sp³-hybridized carbons (Fsp3) is 0. The third-order valence-electron chi connectivity index (χ3n) is 19.5. The molecule has 0 aliphatic carbocycles. The van der Waals surface area contributed by atoms with Crippen LogP contribution in [0.25, 0.3) is 210 Å². The smallest absolute Gasteiger partial charge is 0.167 e. The molecule has 0 saturated carbocycles. The highest BCUT2D eigenvalue weighted by atomic mass is 16.3. The van der Waals surface area contributed by atoms with Crippen molar-refractivity contribution in [3.8, 4) is 102 Å². The van der Waals surface area contributed by atoms with E-state index in [0.717, 1.165) is 143 Å². The largest absolute Gasteiger partial charge is 0.455 e. The fourth-order valence-electron chi connectivity index (χ4n) is 14.6. The molecule has 16 aromatic carbocycles. The first-order valence-corrected chi connectivity index (χ1v) is 32.9. The van der Waals surface area contributed by atoms with Crippen LogP contribution in [0.3, 0.4) is 0 Å². The Labute approximate surface area is 561 Å². The van der Waals surface area contributed by atoms with Crippen LogP contribution in [0.2, 0.25) is 0 Å². The molecule has 0 unspecified atom stereocenters. The quantitative estimate of drug-likeness (QED) is 0.132. The average Bonchev–Trinajstić information content (AvgIpc) is 1.45. The Bertz CT molecular complexity index is 6670. The van der Waals surface area contributed by atoms with Gasteiger partial charge in [0.25, 0.3) is 0 Å². The maximum atomic E-state index is 6.88. The van der Waals surface area contributed by atoms with E-state index in [0.29, 0.717) is 34.9 Å². The second kappa shape index (κ2) is 22.2. The van der Waals surface area contributed by atoms with Gasteiger partial charge in [0.1, 0.15) is 22.3 Å². The van der Waals surface area contributed by atoms with Crippen molar-refractivity contribution < 1.29 is 8.83 Å². The Hall–Kier alpha value is -13.3. The molecule has 4 heterocycles. The highest BCUT2D eigenvalue weighted by Gasteiger charge is 2.23. The van der Waals surface area contributed by atoms with Crippen LogP contribution in [0.4, 0.5) is 0 Å². The van der Waals surface area contributed by atoms with Gasteiger partial charge in [-0.2, -0.15) is 0 Å². The lowest BCUT2D eigenvalue weighted by molar-refractivity contribution is 0.669. The van der Waals surface area contributed by atoms with Crippen LogP contribution in [-0.2, 0) is 0 Å². The van der Waals surface area contributed by atoms with E-state index in [1.165, 1.54) is 32.7 Å². The van der Waals surface area contributed by atoms with Crippen LogP contribution in [0.5, 0.6) is 0 Å². The van der Waals surface area contributed by atoms with Crippen molar-refractivity contribution in [2.75, 3.05) is 0 Å². The lowest BCUT2D eigenvalue weighted by Gasteiger charge is -2.14. The van der Waals surface area contributed by atoms with Gasteiger partial charge in [-0.1, -0.05) is 249 Å². The zero-order valence-electron chi connectivity index (χ0n) is 52.5. The van der Waals surface area contributed by atoms with E-state index in [1.54, 1.807) is 0 Å². The highest BCUT2D eigenvalue weighted by Crippen LogP contribution is 2.44. The van der Waals surface area contributed by atoms with E-state index in [9.17, 15) is 0 Å². The normalized spacial score (nSPS) is 11.9. The summed E-state index contributed by atoms with van der Waals surface area (Å²) in [5.41, 5.74) is 15.1. The van der Waals surface area contributed by atoms with Crippen molar-refractivity contribution in [2.24, 2.45) is 0 Å². The minimum atomic E-state index is 0.533. The number of benzene rings is 16. The maximum absolute atomic E-state index is 6.88. The molecule has 20 aromatic rings. The summed E-state index contributed by atoms with van der Waals surface area (Å²) >= 11 is 0. The van der Waals surface area contributed by atoms with Crippen LogP contribution in [0, 0.1) is 0 Å². The second-order valence-corrected chi connectivity index (χ2v) is 25.3. The standard InChI is InChI=1S/C90H52N6O2/c1-3-16-53(17-4-1)60-37-38-62-51-81-79(49-67(62)45-60)72-28-15-31-76(84(72)98-81)90-94-86(92-88(96-90)74-29-13-24-56-19-9-11-25-69(56)74)58-35-32-55(33-36-58)61-42-43-71-77(48-64-23-10-12-26-70(64)78(71)47-61)65-40-39-63-52-82-80(50-68(63)46-65)73-27-14-30-75(83(73)97-82)89-93-85(57-20-5-2-6-21-57)91-87(95-89)66-41-34-54-18-7-8-22-59(54)44-66/h1-52H. The molecule has 98 heavy (non-hydrogen) atoms. The van der Waals surface area contributed by atoms with E-state index < -0.39 is 0 Å². The Morgan fingerprint density at radius 2 is 0.571 bits per heavy atom. The van der Waals surface area contributed by atoms with Crippen molar-refractivity contribution in [1.29, 1.82) is 0 Å². The summed E-state index contributed by atoms with van der Waals surface area (Å²) in [5, 5.41) is 17.6. The predicted octanol–water partition coefficient (Wildman–Crippen LogP) is 23.8. The first-order valence-electron chi connectivity index (χ1n) is 32.9. The summed E-state index contributed by atoms with van der Waals surface area (Å²) in [6.07, 6.45) is 0. The molecule has 8 nitrogen and oxygen atoms in total. The molecule has 0 saturated heterocycles. The van der Waals surface area contributed by atoms with Gasteiger partial charge in [0.15, 0.2) is 34.9 Å². The predicted molar refractivity (Wildman–Crippen MR) is 402 cm³/mol. The third kappa shape index (κ3) is 9.29. The number of hydrogen-bond donors (Lipinski definition) is 0. The van der Waals surface area contributed by atoms with Gasteiger partial charge in [-0.05, 0) is 165 Å². The molecule has 0 aliphatic heterocycles. The van der Waals surface area contributed by atoms with Crippen molar-refractivity contribution in [2.45, 2.75) is 0 Å². The lowest BCUT2D eigenvalue weighted by Crippen LogP contribution is -2.00. The number of aromatic nitrogens is 6. The van der Waals surface area contributed by atoms with E-state index >= 15 is 0 Å². The molecule has 0 aliphatic rings. The highest BCUT2D eigenvalue weighted by molar-refractivity contribution is 6.18. The Morgan fingerprint density at radius 3 is 1.26 bits per heavy atom. The first kappa shape index (κ1) is 55.2. The molecule has 0 fully saturated rings. The van der Waals surface area contributed by atoms with Crippen molar-refractivity contribution in [1.82, 2.24) is 29.9 Å². The number of para-hydroxylation sites is 2. The number of fused-ring (bicyclic) bond motifs is 13. The SMILES string of the molecule is c1ccc(-c2ccc3cc4oc5c(-c6nc(-c7ccc(-c8ccc9c(-c%10ccc%11cc%12oc%13c(-c%14nc(-c%15ccccc%15)nc(-c%15ccc%16ccccc%16c%15)n%14)cccc%13c%12cc%11c%10)cc%10ccccc%10c9c8)cc7)nc(-c7cccc8ccccc78)n6)cccc5c4cc3c2)cc1. The van der Waals surface area contributed by atoms with Gasteiger partial charge in [0, 0.05) is 43.8 Å². The molecule has 0 bridgehead atoms. The lowest BCUT2D eigenvalue weighted by atomic mass is 9.90. The van der Waals surface area contributed by atoms with Gasteiger partial charge < -0.3 is 8.83 Å². The van der Waals surface area contributed by atoms with Crippen LogP contribution >= 0.6 is 0 Å². The van der Waals surface area contributed by atoms with E-state index in [1.807, 2.05) is 36.4 Å². The number of rotatable bonds is 9. The monoisotopic (exact) mass is 1250 g/mol. The molecule has 0 radical (unpaired) electrons. The molecular formula is C90H52N6O2. The van der Waals surface area contributed by atoms with Gasteiger partial charge in [-0.3, -0.25) is 0 Å². The topological polar surface area (TPSA) is 104 Å². The molecular weight excluding hydrogens is 1200 g/mol. The molecule has 454 valence electrons. The van der Waals surface area contributed by atoms with Gasteiger partial charge in [0.2, 0.25) is 0 Å². The summed E-state index contributed by atoms with van der Waals surface area (Å²) in [6, 6.07) is 111. The zero-order chi connectivity index (χ0) is 64.4. The first-order chi connectivity index (χ1) is 48.5. The molecule has 0 spiro atoms. The number of hydrogen-bond acceptors (Lipinski definition) is 8. The summed E-state index contributed by atoms with van der Waals surface area (Å²) < 4.78 is 13.7. The second-order valence-electron chi connectivity index (χ2n) is 25.3. The minimum Gasteiger partial charge on any atom is -0.455 e. The molecule has 8 heteroatoms. The van der Waals surface area contributed by atoms with Gasteiger partial charge >= 0.3 is 0 Å². The Morgan fingerprint density at radius 1 is 0.163 bits per heavy atom. The van der Waals surface area contributed by atoms with Crippen LogP contribution < -0.4 is 0 Å². The van der Waals surface area contributed by atoms with Crippen molar-refractivity contribution in [3.05, 3.63) is 315 Å². The van der Waals surface area contributed by atoms with Crippen LogP contribution in [0.15, 0.2) is 324 Å². The molecule has 0 N–H and O–H groups in total. The Balaban J connectivity index is 0.662. The molecule has 20 rings (SSSR count). The number of furan rings is 2. The van der Waals surface area contributed by atoms with Gasteiger partial charge in [-0.25, -0.2) is 29.9 Å². The van der Waals surface area contributed by atoms with Crippen molar-refractivity contribution in [3.63, 3.8) is 0 Å². The van der Waals surface area contributed by atoms with E-state index in [2.05, 4.69) is 279 Å². The van der Waals surface area contributed by atoms with Gasteiger partial charge in [0.05, 0.1) is 11.1 Å². The summed E-state index contributed by atoms with van der Waals surface area (Å²) in [4.78, 5) is 31.2. The molecule has 0 amide bonds. The van der Waals surface area contributed by atoms with Crippen LogP contribution in [0.1, 0.15) is 0 Å². The average molecular weight is 1250 g/mol. The van der Waals surface area contributed by atoms with Crippen molar-refractivity contribution >= 4 is 109 Å². The van der Waals surface area contributed by atoms with Gasteiger partial charge in [-0.15, -0.1) is 0 Å². The third-order valence-corrected chi connectivity index (χ3v) is 19.5. The zero-order valence-corrected chi connectivity index (χ0v) is 52.5. The summed E-state index contributed by atoms with van der Waals surface area (Å²) in [6.45, 7) is 0. The van der Waals surface area contributed by atoms with E-state index in [4.69, 9.17) is 38.7 Å². The minimum absolute atomic E-state index is 0.533. The molecule has 4 aromatic heterocycles. The maximum Gasteiger partial charge on any atom is 0.167 e. The summed E-state index contributed by atoms with van der Waals surface area (Å²) in [5.74, 6) is 3.42. The molecule has 0 atom stereocenters.